The first-order chi connectivity index (χ1) is 30.8. The molecule has 6 aromatic rings. The minimum absolute atomic E-state index is 0.0220. The van der Waals surface area contributed by atoms with Crippen LogP contribution in [-0.4, -0.2) is 69.2 Å². The topological polar surface area (TPSA) is 105 Å². The molecular formula is C50H47F3N6O4S. The first kappa shape index (κ1) is 41.6. The second-order valence-corrected chi connectivity index (χ2v) is 18.7. The molecule has 1 N–H and O–H groups in total. The third-order valence-electron chi connectivity index (χ3n) is 13.4. The number of likely N-dealkylation sites (tertiary alicyclic amines) is 1. The average Bonchev–Trinajstić information content (AvgIpc) is 3.94. The van der Waals surface area contributed by atoms with E-state index in [4.69, 9.17) is 14.5 Å². The van der Waals surface area contributed by atoms with Crippen molar-refractivity contribution in [2.24, 2.45) is 10.4 Å². The Morgan fingerprint density at radius 2 is 1.66 bits per heavy atom. The van der Waals surface area contributed by atoms with Crippen LogP contribution in [0.15, 0.2) is 83.9 Å². The summed E-state index contributed by atoms with van der Waals surface area (Å²) >= 11 is 1.76. The van der Waals surface area contributed by atoms with E-state index in [9.17, 15) is 14.3 Å². The van der Waals surface area contributed by atoms with Crippen molar-refractivity contribution in [3.05, 3.63) is 146 Å². The van der Waals surface area contributed by atoms with Gasteiger partial charge in [0.15, 0.2) is 12.4 Å². The number of hydrogen-bond acceptors (Lipinski definition) is 9. The van der Waals surface area contributed by atoms with Gasteiger partial charge < -0.3 is 24.4 Å². The number of allylic oxidation sites excluding steroid dienone is 1. The standard InChI is InChI=1S/C50H47F3N6O4S/c1-27-30(4)64-49-44(27)46(54-29(3)48-56-55-31(5)59(48)49)32-7-11-35(12-8-32)57-20-18-50(25-57)17-6-19-58(26-50)42(61)24-62-37-14-9-33(10-15-37)47-43(45-39(52)21-34(51)22-40(45)53)28(2)38-23-36(60)13-16-41(38)63-47/h7-16,21-23,29,47,60H,6,17-20,24-26H2,1-5H3/t29-,47+,50?/m0/s1. The highest BCUT2D eigenvalue weighted by Gasteiger charge is 2.43. The third kappa shape index (κ3) is 7.21. The molecule has 0 saturated carbocycles. The number of aromatic hydroxyl groups is 1. The highest BCUT2D eigenvalue weighted by Crippen LogP contribution is 2.49. The summed E-state index contributed by atoms with van der Waals surface area (Å²) in [6.45, 7) is 13.0. The SMILES string of the molecule is CC1=C(c2c(F)cc(F)cc2F)[C@@H](c2ccc(OCC(=O)N3CCCC4(CCN(c5ccc(C6=N[C@@H](C)c7nnc(C)n7-c7sc(C)c(C)c76)cc5)C4)C3)cc2)Oc2ccc(O)cc21. The minimum Gasteiger partial charge on any atom is -0.508 e. The summed E-state index contributed by atoms with van der Waals surface area (Å²) in [6, 6.07) is 21.2. The van der Waals surface area contributed by atoms with Gasteiger partial charge in [0, 0.05) is 76.6 Å². The molecule has 2 aromatic heterocycles. The van der Waals surface area contributed by atoms with Crippen LogP contribution in [0.4, 0.5) is 18.9 Å². The summed E-state index contributed by atoms with van der Waals surface area (Å²) in [6.07, 6.45) is 1.97. The van der Waals surface area contributed by atoms with Crippen LogP contribution in [0.3, 0.4) is 0 Å². The van der Waals surface area contributed by atoms with Crippen molar-refractivity contribution in [3.63, 3.8) is 0 Å². The number of rotatable bonds is 7. The number of carbonyl (C=O) groups excluding carboxylic acids is 1. The molecule has 10 rings (SSSR count). The Balaban J connectivity index is 0.803. The molecule has 2 fully saturated rings. The fourth-order valence-electron chi connectivity index (χ4n) is 9.99. The van der Waals surface area contributed by atoms with Crippen molar-refractivity contribution in [3.8, 4) is 22.2 Å². The predicted molar refractivity (Wildman–Crippen MR) is 241 cm³/mol. The van der Waals surface area contributed by atoms with Crippen LogP contribution < -0.4 is 14.4 Å². The number of aromatic nitrogens is 3. The number of aliphatic imine (C=N–C) groups is 1. The van der Waals surface area contributed by atoms with Gasteiger partial charge >= 0.3 is 0 Å². The summed E-state index contributed by atoms with van der Waals surface area (Å²) in [5.74, 6) is -0.720. The molecule has 4 aliphatic heterocycles. The Hall–Kier alpha value is -6.41. The average molecular weight is 885 g/mol. The normalized spacial score (nSPS) is 20.4. The molecule has 1 unspecified atom stereocenters. The van der Waals surface area contributed by atoms with Crippen molar-refractivity contribution in [1.82, 2.24) is 19.7 Å². The molecule has 10 nitrogen and oxygen atoms in total. The lowest BCUT2D eigenvalue weighted by Crippen LogP contribution is -2.48. The number of piperidine rings is 1. The Labute approximate surface area is 373 Å². The molecule has 4 aliphatic rings. The summed E-state index contributed by atoms with van der Waals surface area (Å²) in [5, 5.41) is 20.2. The summed E-state index contributed by atoms with van der Waals surface area (Å²) in [5.41, 5.74) is 6.79. The van der Waals surface area contributed by atoms with E-state index in [0.29, 0.717) is 53.4 Å². The van der Waals surface area contributed by atoms with Gasteiger partial charge in [-0.25, -0.2) is 13.2 Å². The quantitative estimate of drug-likeness (QED) is 0.170. The van der Waals surface area contributed by atoms with Crippen molar-refractivity contribution >= 4 is 39.8 Å². The van der Waals surface area contributed by atoms with Crippen LogP contribution in [0.2, 0.25) is 0 Å². The zero-order chi connectivity index (χ0) is 44.6. The number of phenolic OH excluding ortho intramolecular Hbond substituents is 1. The van der Waals surface area contributed by atoms with E-state index in [1.54, 1.807) is 48.6 Å². The number of hydrogen-bond donors (Lipinski definition) is 1. The largest absolute Gasteiger partial charge is 0.508 e. The van der Waals surface area contributed by atoms with Gasteiger partial charge in [0.05, 0.1) is 11.3 Å². The van der Waals surface area contributed by atoms with E-state index in [0.717, 1.165) is 71.5 Å². The highest BCUT2D eigenvalue weighted by molar-refractivity contribution is 7.15. The van der Waals surface area contributed by atoms with E-state index >= 15 is 8.78 Å². The second kappa shape index (κ2) is 16.0. The first-order valence-corrected chi connectivity index (χ1v) is 22.4. The van der Waals surface area contributed by atoms with Crippen LogP contribution in [0, 0.1) is 43.6 Å². The number of halogens is 3. The van der Waals surface area contributed by atoms with Crippen molar-refractivity contribution in [1.29, 1.82) is 0 Å². The highest BCUT2D eigenvalue weighted by atomic mass is 32.1. The van der Waals surface area contributed by atoms with Gasteiger partial charge in [-0.05, 0) is 113 Å². The van der Waals surface area contributed by atoms with Crippen LogP contribution in [-0.2, 0) is 4.79 Å². The number of amides is 1. The van der Waals surface area contributed by atoms with Crippen LogP contribution in [0.1, 0.15) is 95.2 Å². The second-order valence-electron chi connectivity index (χ2n) is 17.5. The van der Waals surface area contributed by atoms with Gasteiger partial charge in [0.1, 0.15) is 57.7 Å². The Kier molecular flexibility index (Phi) is 10.4. The summed E-state index contributed by atoms with van der Waals surface area (Å²) < 4.78 is 59.0. The summed E-state index contributed by atoms with van der Waals surface area (Å²) in [4.78, 5) is 24.5. The van der Waals surface area contributed by atoms with Gasteiger partial charge in [-0.15, -0.1) is 21.5 Å². The number of fused-ring (bicyclic) bond motifs is 4. The van der Waals surface area contributed by atoms with E-state index in [2.05, 4.69) is 64.7 Å². The molecule has 0 aliphatic carbocycles. The monoisotopic (exact) mass is 884 g/mol. The zero-order valence-corrected chi connectivity index (χ0v) is 37.0. The predicted octanol–water partition coefficient (Wildman–Crippen LogP) is 10.3. The number of nitrogens with zero attached hydrogens (tertiary/aromatic N) is 6. The molecule has 1 amide bonds. The number of anilines is 1. The molecule has 2 saturated heterocycles. The molecule has 4 aromatic carbocycles. The maximum Gasteiger partial charge on any atom is 0.260 e. The fraction of sp³-hybridized carbons (Fsp3) is 0.320. The van der Waals surface area contributed by atoms with Gasteiger partial charge in [-0.3, -0.25) is 14.4 Å². The summed E-state index contributed by atoms with van der Waals surface area (Å²) in [7, 11) is 0. The molecular weight excluding hydrogens is 838 g/mol. The molecule has 0 bridgehead atoms. The Bertz CT molecular complexity index is 2880. The Morgan fingerprint density at radius 1 is 0.906 bits per heavy atom. The number of thiophene rings is 1. The maximum atomic E-state index is 15.3. The fourth-order valence-corrected chi connectivity index (χ4v) is 11.2. The zero-order valence-electron chi connectivity index (χ0n) is 36.2. The van der Waals surface area contributed by atoms with Gasteiger partial charge in [-0.2, -0.15) is 0 Å². The molecule has 6 heterocycles. The van der Waals surface area contributed by atoms with Crippen molar-refractivity contribution in [2.75, 3.05) is 37.7 Å². The maximum absolute atomic E-state index is 15.3. The molecule has 1 spiro atoms. The lowest BCUT2D eigenvalue weighted by molar-refractivity contribution is -0.136. The minimum atomic E-state index is -1.07. The smallest absolute Gasteiger partial charge is 0.260 e. The number of benzene rings is 4. The molecule has 64 heavy (non-hydrogen) atoms. The first-order valence-electron chi connectivity index (χ1n) is 21.6. The molecule has 0 radical (unpaired) electrons. The third-order valence-corrected chi connectivity index (χ3v) is 14.6. The van der Waals surface area contributed by atoms with Crippen LogP contribution >= 0.6 is 11.3 Å². The van der Waals surface area contributed by atoms with Crippen molar-refractivity contribution in [2.45, 2.75) is 66.0 Å². The van der Waals surface area contributed by atoms with Gasteiger partial charge in [0.2, 0.25) is 0 Å². The van der Waals surface area contributed by atoms with Gasteiger partial charge in [0.25, 0.3) is 5.91 Å². The molecule has 3 atom stereocenters. The molecule has 328 valence electrons. The van der Waals surface area contributed by atoms with E-state index in [1.807, 2.05) is 11.8 Å². The lowest BCUT2D eigenvalue weighted by atomic mass is 9.79. The van der Waals surface area contributed by atoms with Crippen LogP contribution in [0.5, 0.6) is 17.2 Å². The lowest BCUT2D eigenvalue weighted by Gasteiger charge is -2.40. The number of ether oxygens (including phenoxy) is 2. The number of carbonyl (C=O) groups is 1. The van der Waals surface area contributed by atoms with Gasteiger partial charge in [-0.1, -0.05) is 24.3 Å². The van der Waals surface area contributed by atoms with E-state index in [1.165, 1.54) is 22.6 Å². The number of aryl methyl sites for hydroxylation is 2. The van der Waals surface area contributed by atoms with E-state index < -0.39 is 29.1 Å². The number of phenols is 1. The van der Waals surface area contributed by atoms with E-state index in [-0.39, 0.29) is 35.3 Å². The Morgan fingerprint density at radius 3 is 2.41 bits per heavy atom. The van der Waals surface area contributed by atoms with Crippen molar-refractivity contribution < 1.29 is 32.5 Å². The molecule has 14 heteroatoms. The van der Waals surface area contributed by atoms with Crippen LogP contribution in [0.25, 0.3) is 16.1 Å².